The number of methoxy groups -OCH3 is 1. The largest absolute Gasteiger partial charge is 0.383 e. The number of ether oxygens (including phenoxy) is 1. The van der Waals surface area contributed by atoms with Crippen molar-refractivity contribution in [2.75, 3.05) is 19.0 Å². The number of nitrogens with zero attached hydrogens (tertiary/aromatic N) is 2. The van der Waals surface area contributed by atoms with Crippen LogP contribution in [0.1, 0.15) is 10.5 Å². The van der Waals surface area contributed by atoms with Gasteiger partial charge in [-0.1, -0.05) is 0 Å². The van der Waals surface area contributed by atoms with E-state index in [1.807, 2.05) is 16.8 Å². The van der Waals surface area contributed by atoms with Crippen molar-refractivity contribution in [2.45, 2.75) is 6.54 Å². The zero-order chi connectivity index (χ0) is 13.7. The molecule has 5 nitrogen and oxygen atoms in total. The predicted molar refractivity (Wildman–Crippen MR) is 76.2 cm³/mol. The molecule has 0 aliphatic heterocycles. The Balaban J connectivity index is 2.12. The average Bonchev–Trinajstić information content (AvgIpc) is 2.87. The van der Waals surface area contributed by atoms with Gasteiger partial charge in [0.25, 0.3) is 5.91 Å². The molecule has 2 rings (SSSR count). The standard InChI is InChI=1S/C13H14BrN3O2/c1-19-9-8-17-7-3-5-11(17)13(18)16-10-4-2-6-15-12(10)14/h2-7H,8-9H2,1H3,(H,16,18). The van der Waals surface area contributed by atoms with Crippen LogP contribution >= 0.6 is 15.9 Å². The number of rotatable bonds is 5. The third-order valence-electron chi connectivity index (χ3n) is 2.61. The fraction of sp³-hybridized carbons (Fsp3) is 0.231. The second kappa shape index (κ2) is 6.49. The van der Waals surface area contributed by atoms with Gasteiger partial charge in [-0.2, -0.15) is 0 Å². The molecule has 0 radical (unpaired) electrons. The Labute approximate surface area is 119 Å². The molecular weight excluding hydrogens is 310 g/mol. The SMILES string of the molecule is COCCn1cccc1C(=O)Nc1cccnc1Br. The van der Waals surface area contributed by atoms with Crippen molar-refractivity contribution < 1.29 is 9.53 Å². The summed E-state index contributed by atoms with van der Waals surface area (Å²) in [7, 11) is 1.63. The second-order valence-corrected chi connectivity index (χ2v) is 4.63. The van der Waals surface area contributed by atoms with Gasteiger partial charge in [-0.15, -0.1) is 0 Å². The molecule has 6 heteroatoms. The third kappa shape index (κ3) is 3.42. The number of aromatic nitrogens is 2. The van der Waals surface area contributed by atoms with E-state index in [2.05, 4.69) is 26.2 Å². The Hall–Kier alpha value is -1.66. The van der Waals surface area contributed by atoms with Crippen LogP contribution in [0.4, 0.5) is 5.69 Å². The minimum atomic E-state index is -0.171. The Morgan fingerprint density at radius 3 is 3.05 bits per heavy atom. The van der Waals surface area contributed by atoms with E-state index in [1.54, 1.807) is 31.5 Å². The fourth-order valence-electron chi connectivity index (χ4n) is 1.67. The van der Waals surface area contributed by atoms with Crippen LogP contribution in [0.25, 0.3) is 0 Å². The molecule has 0 aliphatic carbocycles. The monoisotopic (exact) mass is 323 g/mol. The first kappa shape index (κ1) is 13.8. The van der Waals surface area contributed by atoms with Gasteiger partial charge in [-0.05, 0) is 40.2 Å². The van der Waals surface area contributed by atoms with Crippen molar-refractivity contribution in [1.82, 2.24) is 9.55 Å². The summed E-state index contributed by atoms with van der Waals surface area (Å²) in [6.07, 6.45) is 3.51. The number of halogens is 1. The van der Waals surface area contributed by atoms with Crippen molar-refractivity contribution in [3.05, 3.63) is 47.0 Å². The van der Waals surface area contributed by atoms with E-state index in [9.17, 15) is 4.79 Å². The van der Waals surface area contributed by atoms with Gasteiger partial charge in [0, 0.05) is 26.0 Å². The van der Waals surface area contributed by atoms with Crippen LogP contribution in [-0.4, -0.2) is 29.2 Å². The van der Waals surface area contributed by atoms with Crippen molar-refractivity contribution in [3.8, 4) is 0 Å². The third-order valence-corrected chi connectivity index (χ3v) is 3.24. The van der Waals surface area contributed by atoms with Gasteiger partial charge < -0.3 is 14.6 Å². The molecule has 2 aromatic heterocycles. The number of carbonyl (C=O) groups is 1. The van der Waals surface area contributed by atoms with Crippen LogP contribution in [0.15, 0.2) is 41.3 Å². The molecule has 0 atom stereocenters. The lowest BCUT2D eigenvalue weighted by molar-refractivity contribution is 0.101. The maximum atomic E-state index is 12.2. The van der Waals surface area contributed by atoms with Gasteiger partial charge in [0.1, 0.15) is 10.3 Å². The van der Waals surface area contributed by atoms with Crippen LogP contribution in [0, 0.1) is 0 Å². The van der Waals surface area contributed by atoms with Crippen LogP contribution in [-0.2, 0) is 11.3 Å². The van der Waals surface area contributed by atoms with E-state index in [1.165, 1.54) is 0 Å². The number of pyridine rings is 1. The highest BCUT2D eigenvalue weighted by atomic mass is 79.9. The fourth-order valence-corrected chi connectivity index (χ4v) is 2.02. The normalized spacial score (nSPS) is 10.4. The summed E-state index contributed by atoms with van der Waals surface area (Å²) in [5.41, 5.74) is 1.24. The average molecular weight is 324 g/mol. The summed E-state index contributed by atoms with van der Waals surface area (Å²) >= 11 is 3.30. The Bertz CT molecular complexity index is 569. The minimum absolute atomic E-state index is 0.171. The summed E-state index contributed by atoms with van der Waals surface area (Å²) in [6.45, 7) is 1.20. The van der Waals surface area contributed by atoms with Crippen LogP contribution in [0.3, 0.4) is 0 Å². The summed E-state index contributed by atoms with van der Waals surface area (Å²) in [6, 6.07) is 7.17. The number of hydrogen-bond donors (Lipinski definition) is 1. The Kier molecular flexibility index (Phi) is 4.70. The molecule has 0 aromatic carbocycles. The van der Waals surface area contributed by atoms with Crippen molar-refractivity contribution in [1.29, 1.82) is 0 Å². The van der Waals surface area contributed by atoms with Crippen molar-refractivity contribution in [2.24, 2.45) is 0 Å². The summed E-state index contributed by atoms with van der Waals surface area (Å²) in [4.78, 5) is 16.3. The summed E-state index contributed by atoms with van der Waals surface area (Å²) in [5.74, 6) is -0.171. The zero-order valence-corrected chi connectivity index (χ0v) is 12.1. The van der Waals surface area contributed by atoms with E-state index in [0.717, 1.165) is 0 Å². The smallest absolute Gasteiger partial charge is 0.272 e. The quantitative estimate of drug-likeness (QED) is 0.860. The Morgan fingerprint density at radius 2 is 2.32 bits per heavy atom. The topological polar surface area (TPSA) is 56.1 Å². The molecule has 0 unspecified atom stereocenters. The zero-order valence-electron chi connectivity index (χ0n) is 10.5. The molecule has 100 valence electrons. The molecule has 2 aromatic rings. The lowest BCUT2D eigenvalue weighted by Crippen LogP contribution is -2.18. The number of amides is 1. The Morgan fingerprint density at radius 1 is 1.47 bits per heavy atom. The minimum Gasteiger partial charge on any atom is -0.383 e. The maximum Gasteiger partial charge on any atom is 0.272 e. The molecule has 0 aliphatic rings. The first-order valence-corrected chi connectivity index (χ1v) is 6.57. The molecule has 1 amide bonds. The van der Waals surface area contributed by atoms with E-state index in [0.29, 0.717) is 29.1 Å². The maximum absolute atomic E-state index is 12.2. The highest BCUT2D eigenvalue weighted by Gasteiger charge is 2.12. The molecule has 0 fully saturated rings. The van der Waals surface area contributed by atoms with E-state index >= 15 is 0 Å². The first-order chi connectivity index (χ1) is 9.22. The van der Waals surface area contributed by atoms with Crippen LogP contribution < -0.4 is 5.32 Å². The molecule has 0 spiro atoms. The number of carbonyl (C=O) groups excluding carboxylic acids is 1. The van der Waals surface area contributed by atoms with E-state index < -0.39 is 0 Å². The number of anilines is 1. The van der Waals surface area contributed by atoms with Crippen molar-refractivity contribution in [3.63, 3.8) is 0 Å². The summed E-state index contributed by atoms with van der Waals surface area (Å²) < 4.78 is 7.48. The van der Waals surface area contributed by atoms with E-state index in [-0.39, 0.29) is 5.91 Å². The number of hydrogen-bond acceptors (Lipinski definition) is 3. The molecular formula is C13H14BrN3O2. The van der Waals surface area contributed by atoms with Gasteiger partial charge in [-0.3, -0.25) is 4.79 Å². The van der Waals surface area contributed by atoms with Crippen LogP contribution in [0.5, 0.6) is 0 Å². The second-order valence-electron chi connectivity index (χ2n) is 3.88. The van der Waals surface area contributed by atoms with E-state index in [4.69, 9.17) is 4.74 Å². The first-order valence-electron chi connectivity index (χ1n) is 5.78. The highest BCUT2D eigenvalue weighted by molar-refractivity contribution is 9.10. The molecule has 2 heterocycles. The highest BCUT2D eigenvalue weighted by Crippen LogP contribution is 2.19. The lowest BCUT2D eigenvalue weighted by atomic mass is 10.3. The van der Waals surface area contributed by atoms with Gasteiger partial charge >= 0.3 is 0 Å². The number of nitrogens with one attached hydrogen (secondary N) is 1. The molecule has 1 N–H and O–H groups in total. The molecule has 0 bridgehead atoms. The van der Waals surface area contributed by atoms with Gasteiger partial charge in [-0.25, -0.2) is 4.98 Å². The predicted octanol–water partition coefficient (Wildman–Crippen LogP) is 2.54. The lowest BCUT2D eigenvalue weighted by Gasteiger charge is -2.10. The van der Waals surface area contributed by atoms with Crippen LogP contribution in [0.2, 0.25) is 0 Å². The molecule has 0 saturated heterocycles. The molecule has 19 heavy (non-hydrogen) atoms. The van der Waals surface area contributed by atoms with Gasteiger partial charge in [0.15, 0.2) is 0 Å². The summed E-state index contributed by atoms with van der Waals surface area (Å²) in [5, 5.41) is 2.82. The van der Waals surface area contributed by atoms with Crippen molar-refractivity contribution >= 4 is 27.5 Å². The molecule has 0 saturated carbocycles. The van der Waals surface area contributed by atoms with Gasteiger partial charge in [0.2, 0.25) is 0 Å². The van der Waals surface area contributed by atoms with Gasteiger partial charge in [0.05, 0.1) is 12.3 Å².